The van der Waals surface area contributed by atoms with E-state index in [0.29, 0.717) is 14.0 Å². The molecule has 0 atom stereocenters. The molecule has 0 bridgehead atoms. The molecule has 26 heteroatoms. The van der Waals surface area contributed by atoms with Gasteiger partial charge in [-0.3, -0.25) is 32.5 Å². The number of Topliss-reactive ketones (excluding diaryl/α,β-unsaturated/α-hetero) is 3. The Hall–Kier alpha value is -5.71. The number of hydrogen-bond acceptors (Lipinski definition) is 12. The van der Waals surface area contributed by atoms with Gasteiger partial charge in [-0.15, -0.1) is 13.2 Å². The highest BCUT2D eigenvalue weighted by molar-refractivity contribution is 7.86. The van der Waals surface area contributed by atoms with E-state index >= 15 is 0 Å². The highest BCUT2D eigenvalue weighted by atomic mass is 32.2. The first-order valence-electron chi connectivity index (χ1n) is 25.3. The molecular formula is C56H92F6O16S4. The number of methoxy groups -OCH3 is 1. The van der Waals surface area contributed by atoms with E-state index in [0.717, 1.165) is 5.56 Å². The van der Waals surface area contributed by atoms with Gasteiger partial charge < -0.3 is 4.79 Å². The van der Waals surface area contributed by atoms with Crippen molar-refractivity contribution in [1.29, 1.82) is 0 Å². The Morgan fingerprint density at radius 3 is 0.524 bits per heavy atom. The summed E-state index contributed by atoms with van der Waals surface area (Å²) in [6.45, 7) is 37.1. The van der Waals surface area contributed by atoms with Crippen LogP contribution in [0.1, 0.15) is 149 Å². The molecule has 0 aromatic heterocycles. The topological polar surface area (TPSA) is 278 Å². The number of hydrogen-bond donors (Lipinski definition) is 4. The van der Waals surface area contributed by atoms with Crippen LogP contribution >= 0.6 is 0 Å². The van der Waals surface area contributed by atoms with Gasteiger partial charge in [-0.25, -0.2) is 0 Å². The number of alkyl halides is 6. The minimum atomic E-state index is -4.64. The van der Waals surface area contributed by atoms with Crippen molar-refractivity contribution in [2.24, 2.45) is 0 Å². The maximum Gasteiger partial charge on any atom is 0.522 e. The number of rotatable bonds is 5. The molecule has 0 saturated carbocycles. The first-order chi connectivity index (χ1) is 38.0. The third-order valence-electron chi connectivity index (χ3n) is 5.98. The summed E-state index contributed by atoms with van der Waals surface area (Å²) in [5.74, 6) is -1.47. The number of benzene rings is 5. The second-order valence-electron chi connectivity index (χ2n) is 11.7. The van der Waals surface area contributed by atoms with E-state index < -0.39 is 58.8 Å². The standard InChI is InChI=1S/C8H8O.4C6H6O3S.C3H3F3O.C3H6O.C2H3F3O.8C2H6/c1-7(9)8-5-3-2-4-6-8;4*7-10(8,9)6-4-2-1-3-5-6;1-2(7)3(4,5)6;1-3(2)4;1-6-2(3,4)5;8*1-2/h2-6H,1H3;4*1-5H,(H,7,8,9);1H3;1-2H3;1H3;8*1-2H3. The average molecular weight is 1260 g/mol. The van der Waals surface area contributed by atoms with Crippen LogP contribution in [0.2, 0.25) is 0 Å². The summed E-state index contributed by atoms with van der Waals surface area (Å²) in [4.78, 5) is 29.1. The molecule has 0 fully saturated rings. The van der Waals surface area contributed by atoms with Crippen LogP contribution in [0, 0.1) is 0 Å². The second kappa shape index (κ2) is 64.5. The van der Waals surface area contributed by atoms with Gasteiger partial charge in [-0.1, -0.05) is 214 Å². The maximum absolute atomic E-state index is 10.8. The fourth-order valence-corrected chi connectivity index (χ4v) is 5.05. The van der Waals surface area contributed by atoms with Gasteiger partial charge >= 0.3 is 12.5 Å². The van der Waals surface area contributed by atoms with Crippen LogP contribution in [0.4, 0.5) is 26.3 Å². The number of ether oxygens (including phenoxy) is 1. The van der Waals surface area contributed by atoms with Gasteiger partial charge in [0.05, 0.1) is 19.6 Å². The first-order valence-corrected chi connectivity index (χ1v) is 31.1. The Balaban J connectivity index is -0.0000000760. The summed E-state index contributed by atoms with van der Waals surface area (Å²) in [6, 6.07) is 38.9. The number of carbonyl (C=O) groups is 3. The second-order valence-corrected chi connectivity index (χ2v) is 17.4. The van der Waals surface area contributed by atoms with Gasteiger partial charge in [-0.2, -0.15) is 46.8 Å². The Bertz CT molecular complexity index is 2340. The Morgan fingerprint density at radius 1 is 0.341 bits per heavy atom. The maximum atomic E-state index is 10.8. The molecule has 0 amide bonds. The number of carbonyl (C=O) groups excluding carboxylic acids is 3. The summed E-state index contributed by atoms with van der Waals surface area (Å²) in [5, 5.41) is 0. The van der Waals surface area contributed by atoms with E-state index in [1.54, 1.807) is 79.7 Å². The lowest BCUT2D eigenvalue weighted by atomic mass is 10.2. The summed E-state index contributed by atoms with van der Waals surface area (Å²) in [7, 11) is -15.4. The van der Waals surface area contributed by atoms with Gasteiger partial charge in [0, 0.05) is 19.6 Å². The lowest BCUT2D eigenvalue weighted by Gasteiger charge is -1.97. The molecule has 5 aromatic carbocycles. The van der Waals surface area contributed by atoms with Crippen molar-refractivity contribution in [3.63, 3.8) is 0 Å². The molecule has 5 rings (SSSR count). The van der Waals surface area contributed by atoms with E-state index in [1.807, 2.05) is 141 Å². The fraction of sp³-hybridized carbons (Fsp3) is 0.411. The van der Waals surface area contributed by atoms with Crippen molar-refractivity contribution < 1.29 is 97.3 Å². The molecule has 16 nitrogen and oxygen atoms in total. The van der Waals surface area contributed by atoms with E-state index in [4.69, 9.17) is 18.2 Å². The summed E-state index contributed by atoms with van der Waals surface area (Å²) in [6.07, 6.45) is -9.10. The Kier molecular flexibility index (Phi) is 79.7. The van der Waals surface area contributed by atoms with Crippen molar-refractivity contribution in [3.8, 4) is 0 Å². The summed E-state index contributed by atoms with van der Waals surface area (Å²) >= 11 is 0. The quantitative estimate of drug-likeness (QED) is 0.0723. The van der Waals surface area contributed by atoms with E-state index in [2.05, 4.69) is 4.74 Å². The molecule has 478 valence electrons. The third-order valence-corrected chi connectivity index (χ3v) is 9.45. The number of halogens is 6. The fourth-order valence-electron chi connectivity index (χ4n) is 3.04. The minimum Gasteiger partial charge on any atom is -0.300 e. The molecule has 0 saturated heterocycles. The molecule has 0 radical (unpaired) electrons. The van der Waals surface area contributed by atoms with Crippen LogP contribution in [-0.2, 0) is 54.8 Å². The van der Waals surface area contributed by atoms with Crippen LogP contribution in [0.15, 0.2) is 171 Å². The van der Waals surface area contributed by atoms with Crippen molar-refractivity contribution in [2.75, 3.05) is 7.11 Å². The minimum absolute atomic E-state index is 0.0741. The third kappa shape index (κ3) is 78.5. The van der Waals surface area contributed by atoms with Crippen molar-refractivity contribution >= 4 is 57.8 Å². The van der Waals surface area contributed by atoms with Gasteiger partial charge in [0.1, 0.15) is 5.78 Å². The van der Waals surface area contributed by atoms with E-state index in [1.165, 1.54) is 62.4 Å². The lowest BCUT2D eigenvalue weighted by Crippen LogP contribution is -2.18. The predicted octanol–water partition coefficient (Wildman–Crippen LogP) is 16.7. The molecule has 5 aromatic rings. The average Bonchev–Trinajstić information content (AvgIpc) is 3.46. The summed E-state index contributed by atoms with van der Waals surface area (Å²) in [5.41, 5.74) is 0.775. The van der Waals surface area contributed by atoms with Gasteiger partial charge in [0.15, 0.2) is 5.78 Å². The zero-order chi connectivity index (χ0) is 68.0. The highest BCUT2D eigenvalue weighted by Crippen LogP contribution is 2.15. The van der Waals surface area contributed by atoms with Crippen LogP contribution in [0.25, 0.3) is 0 Å². The normalized spacial score (nSPS) is 9.26. The first kappa shape index (κ1) is 101. The zero-order valence-corrected chi connectivity index (χ0v) is 54.3. The van der Waals surface area contributed by atoms with Crippen LogP contribution in [0.5, 0.6) is 0 Å². The molecule has 0 spiro atoms. The van der Waals surface area contributed by atoms with E-state index in [-0.39, 0.29) is 31.1 Å². The largest absolute Gasteiger partial charge is 0.522 e. The molecule has 0 aliphatic heterocycles. The van der Waals surface area contributed by atoms with Crippen molar-refractivity contribution in [3.05, 3.63) is 157 Å². The van der Waals surface area contributed by atoms with Crippen LogP contribution < -0.4 is 0 Å². The Labute approximate surface area is 487 Å². The molecule has 0 unspecified atom stereocenters. The Morgan fingerprint density at radius 2 is 0.463 bits per heavy atom. The highest BCUT2D eigenvalue weighted by Gasteiger charge is 2.33. The molecule has 0 aliphatic carbocycles. The zero-order valence-electron chi connectivity index (χ0n) is 51.0. The molecular weight excluding hydrogens is 1170 g/mol. The molecule has 82 heavy (non-hydrogen) atoms. The van der Waals surface area contributed by atoms with Gasteiger partial charge in [0.2, 0.25) is 5.78 Å². The molecule has 0 heterocycles. The van der Waals surface area contributed by atoms with E-state index in [9.17, 15) is 74.4 Å². The van der Waals surface area contributed by atoms with Crippen molar-refractivity contribution in [2.45, 2.75) is 171 Å². The monoisotopic (exact) mass is 1260 g/mol. The van der Waals surface area contributed by atoms with Gasteiger partial charge in [0.25, 0.3) is 40.5 Å². The predicted molar refractivity (Wildman–Crippen MR) is 318 cm³/mol. The van der Waals surface area contributed by atoms with Crippen molar-refractivity contribution in [1.82, 2.24) is 0 Å². The van der Waals surface area contributed by atoms with Crippen LogP contribution in [-0.4, -0.2) is 88.9 Å². The smallest absolute Gasteiger partial charge is 0.300 e. The van der Waals surface area contributed by atoms with Crippen LogP contribution in [0.3, 0.4) is 0 Å². The molecule has 4 N–H and O–H groups in total. The molecule has 0 aliphatic rings. The lowest BCUT2D eigenvalue weighted by molar-refractivity contribution is -0.311. The van der Waals surface area contributed by atoms with Gasteiger partial charge in [-0.05, 0) is 69.3 Å². The SMILES string of the molecule is CC.CC.CC.CC.CC.CC.CC.CC.CC(=O)C(F)(F)F.CC(=O)c1ccccc1.CC(C)=O.COC(F)(F)F.O=S(=O)(O)c1ccccc1.O=S(=O)(O)c1ccccc1.O=S(=O)(O)c1ccccc1.O=S(=O)(O)c1ccccc1. The number of ketones is 3. The summed E-state index contributed by atoms with van der Waals surface area (Å²) < 4.78 is 184.